The summed E-state index contributed by atoms with van der Waals surface area (Å²) >= 11 is 7.54. The van der Waals surface area contributed by atoms with Gasteiger partial charge in [0.15, 0.2) is 0 Å². The molecule has 0 radical (unpaired) electrons. The fraction of sp³-hybridized carbons (Fsp3) is 0.429. The van der Waals surface area contributed by atoms with E-state index in [0.29, 0.717) is 0 Å². The Morgan fingerprint density at radius 1 is 1.64 bits per heavy atom. The Morgan fingerprint density at radius 2 is 2.27 bits per heavy atom. The van der Waals surface area contributed by atoms with Crippen molar-refractivity contribution in [3.63, 3.8) is 0 Å². The Morgan fingerprint density at radius 3 is 2.64 bits per heavy atom. The third-order valence-electron chi connectivity index (χ3n) is 1.25. The Bertz CT molecular complexity index is 248. The number of halogens is 1. The van der Waals surface area contributed by atoms with E-state index >= 15 is 0 Å². The minimum absolute atomic E-state index is 0.00773. The van der Waals surface area contributed by atoms with Crippen molar-refractivity contribution in [3.8, 4) is 0 Å². The second-order valence-electron chi connectivity index (χ2n) is 2.75. The molecule has 11 heavy (non-hydrogen) atoms. The SMILES string of the molecule is CC(C)(I)C(=S)n1ccnc1. The van der Waals surface area contributed by atoms with E-state index in [-0.39, 0.29) is 3.42 Å². The highest BCUT2D eigenvalue weighted by molar-refractivity contribution is 14.1. The highest BCUT2D eigenvalue weighted by Gasteiger charge is 2.19. The Labute approximate surface area is 85.2 Å². The van der Waals surface area contributed by atoms with Crippen molar-refractivity contribution in [2.45, 2.75) is 17.3 Å². The average molecular weight is 280 g/mol. The first-order chi connectivity index (χ1) is 5.02. The van der Waals surface area contributed by atoms with E-state index in [9.17, 15) is 0 Å². The van der Waals surface area contributed by atoms with E-state index in [2.05, 4.69) is 41.4 Å². The molecule has 1 aromatic rings. The zero-order valence-corrected chi connectivity index (χ0v) is 9.39. The van der Waals surface area contributed by atoms with Crippen molar-refractivity contribution in [3.05, 3.63) is 18.7 Å². The van der Waals surface area contributed by atoms with Crippen molar-refractivity contribution >= 4 is 39.8 Å². The number of thiocarbonyl (C=S) groups is 1. The summed E-state index contributed by atoms with van der Waals surface area (Å²) in [7, 11) is 0. The predicted octanol–water partition coefficient (Wildman–Crippen LogP) is 2.27. The topological polar surface area (TPSA) is 17.8 Å². The lowest BCUT2D eigenvalue weighted by atomic mass is 10.2. The fourth-order valence-corrected chi connectivity index (χ4v) is 1.07. The van der Waals surface area contributed by atoms with Crippen LogP contribution in [0.25, 0.3) is 0 Å². The molecule has 0 aliphatic heterocycles. The third kappa shape index (κ3) is 2.23. The highest BCUT2D eigenvalue weighted by atomic mass is 127. The van der Waals surface area contributed by atoms with E-state index in [0.717, 1.165) is 4.99 Å². The van der Waals surface area contributed by atoms with Gasteiger partial charge in [-0.15, -0.1) is 0 Å². The van der Waals surface area contributed by atoms with Crippen molar-refractivity contribution in [1.29, 1.82) is 0 Å². The van der Waals surface area contributed by atoms with Crippen molar-refractivity contribution < 1.29 is 0 Å². The van der Waals surface area contributed by atoms with Crippen LogP contribution in [-0.4, -0.2) is 18.0 Å². The van der Waals surface area contributed by atoms with Crippen LogP contribution in [-0.2, 0) is 0 Å². The Balaban J connectivity index is 2.88. The normalized spacial score (nSPS) is 11.5. The summed E-state index contributed by atoms with van der Waals surface area (Å²) in [5.74, 6) is 0. The van der Waals surface area contributed by atoms with Gasteiger partial charge in [-0.25, -0.2) is 4.98 Å². The molecule has 1 rings (SSSR count). The summed E-state index contributed by atoms with van der Waals surface area (Å²) in [4.78, 5) is 4.81. The molecule has 0 saturated heterocycles. The molecule has 0 bridgehead atoms. The number of hydrogen-bond acceptors (Lipinski definition) is 2. The number of rotatable bonds is 1. The van der Waals surface area contributed by atoms with Gasteiger partial charge in [-0.2, -0.15) is 0 Å². The van der Waals surface area contributed by atoms with Gasteiger partial charge in [0.2, 0.25) is 0 Å². The zero-order valence-electron chi connectivity index (χ0n) is 6.41. The van der Waals surface area contributed by atoms with Crippen LogP contribution in [0.5, 0.6) is 0 Å². The lowest BCUT2D eigenvalue weighted by Gasteiger charge is -2.17. The standard InChI is InChI=1S/C7H9IN2S/c1-7(2,8)6(11)10-4-3-9-5-10/h3-5H,1-2H3. The number of aromatic nitrogens is 2. The molecule has 0 spiro atoms. The third-order valence-corrected chi connectivity index (χ3v) is 2.85. The number of imidazole rings is 1. The van der Waals surface area contributed by atoms with Crippen LogP contribution in [0.15, 0.2) is 18.7 Å². The first kappa shape index (κ1) is 9.12. The highest BCUT2D eigenvalue weighted by Crippen LogP contribution is 2.19. The number of nitrogens with zero attached hydrogens (tertiary/aromatic N) is 2. The Hall–Kier alpha value is 0.0300. The second kappa shape index (κ2) is 3.18. The van der Waals surface area contributed by atoms with Crippen LogP contribution in [0.1, 0.15) is 13.8 Å². The van der Waals surface area contributed by atoms with Gasteiger partial charge in [0.1, 0.15) is 4.99 Å². The summed E-state index contributed by atoms with van der Waals surface area (Å²) in [6.45, 7) is 4.16. The minimum Gasteiger partial charge on any atom is -0.299 e. The smallest absolute Gasteiger partial charge is 0.103 e. The zero-order chi connectivity index (χ0) is 8.48. The summed E-state index contributed by atoms with van der Waals surface area (Å²) in [6, 6.07) is 0. The minimum atomic E-state index is 0.00773. The molecule has 0 aliphatic carbocycles. The molecule has 0 N–H and O–H groups in total. The van der Waals surface area contributed by atoms with Crippen LogP contribution in [0, 0.1) is 0 Å². The predicted molar refractivity (Wildman–Crippen MR) is 58.3 cm³/mol. The van der Waals surface area contributed by atoms with E-state index in [1.807, 2.05) is 10.8 Å². The first-order valence-corrected chi connectivity index (χ1v) is 4.72. The maximum Gasteiger partial charge on any atom is 0.103 e. The largest absolute Gasteiger partial charge is 0.299 e. The molecular weight excluding hydrogens is 271 g/mol. The van der Waals surface area contributed by atoms with Crippen LogP contribution in [0.3, 0.4) is 0 Å². The first-order valence-electron chi connectivity index (χ1n) is 3.23. The van der Waals surface area contributed by atoms with E-state index in [1.165, 1.54) is 0 Å². The lowest BCUT2D eigenvalue weighted by molar-refractivity contribution is 0.948. The second-order valence-corrected chi connectivity index (χ2v) is 5.83. The van der Waals surface area contributed by atoms with Crippen LogP contribution < -0.4 is 0 Å². The van der Waals surface area contributed by atoms with Crippen LogP contribution in [0.2, 0.25) is 0 Å². The van der Waals surface area contributed by atoms with E-state index in [1.54, 1.807) is 12.5 Å². The van der Waals surface area contributed by atoms with Gasteiger partial charge in [0.05, 0.1) is 9.75 Å². The molecule has 0 amide bonds. The van der Waals surface area contributed by atoms with Gasteiger partial charge in [0.25, 0.3) is 0 Å². The van der Waals surface area contributed by atoms with Gasteiger partial charge in [0, 0.05) is 12.4 Å². The molecule has 0 atom stereocenters. The van der Waals surface area contributed by atoms with Crippen molar-refractivity contribution in [2.24, 2.45) is 0 Å². The average Bonchev–Trinajstić information content (AvgIpc) is 2.34. The monoisotopic (exact) mass is 280 g/mol. The Kier molecular flexibility index (Phi) is 2.64. The van der Waals surface area contributed by atoms with E-state index < -0.39 is 0 Å². The molecule has 1 aromatic heterocycles. The molecule has 0 saturated carbocycles. The maximum atomic E-state index is 5.23. The number of hydrogen-bond donors (Lipinski definition) is 0. The van der Waals surface area contributed by atoms with Gasteiger partial charge in [-0.1, -0.05) is 34.8 Å². The van der Waals surface area contributed by atoms with Crippen LogP contribution >= 0.6 is 34.8 Å². The van der Waals surface area contributed by atoms with Gasteiger partial charge >= 0.3 is 0 Å². The molecule has 0 fully saturated rings. The molecule has 1 heterocycles. The summed E-state index contributed by atoms with van der Waals surface area (Å²) < 4.78 is 1.87. The van der Waals surface area contributed by atoms with Crippen molar-refractivity contribution in [1.82, 2.24) is 9.55 Å². The van der Waals surface area contributed by atoms with E-state index in [4.69, 9.17) is 12.2 Å². The lowest BCUT2D eigenvalue weighted by Crippen LogP contribution is -2.27. The quantitative estimate of drug-likeness (QED) is 0.446. The van der Waals surface area contributed by atoms with Crippen LogP contribution in [0.4, 0.5) is 0 Å². The fourth-order valence-electron chi connectivity index (χ4n) is 0.686. The molecule has 60 valence electrons. The molecule has 0 unspecified atom stereocenters. The number of alkyl halides is 1. The maximum absolute atomic E-state index is 5.23. The van der Waals surface area contributed by atoms with Gasteiger partial charge in [-0.3, -0.25) is 4.57 Å². The van der Waals surface area contributed by atoms with Gasteiger partial charge < -0.3 is 0 Å². The summed E-state index contributed by atoms with van der Waals surface area (Å²) in [5.41, 5.74) is 0. The molecule has 0 aliphatic rings. The molecule has 2 nitrogen and oxygen atoms in total. The molecule has 0 aromatic carbocycles. The van der Waals surface area contributed by atoms with Crippen molar-refractivity contribution in [2.75, 3.05) is 0 Å². The molecule has 4 heteroatoms. The summed E-state index contributed by atoms with van der Waals surface area (Å²) in [5, 5.41) is 0. The van der Waals surface area contributed by atoms with Gasteiger partial charge in [-0.05, 0) is 13.8 Å². The molecular formula is C7H9IN2S. The summed E-state index contributed by atoms with van der Waals surface area (Å²) in [6.07, 6.45) is 5.32.